The number of hydrogen-bond donors (Lipinski definition) is 0. The average molecular weight is 309 g/mol. The summed E-state index contributed by atoms with van der Waals surface area (Å²) in [6.45, 7) is 2.25. The summed E-state index contributed by atoms with van der Waals surface area (Å²) in [5.41, 5.74) is 1.88. The number of carbonyl (C=O) groups excluding carboxylic acids is 1. The van der Waals surface area contributed by atoms with Crippen LogP contribution >= 0.6 is 0 Å². The van der Waals surface area contributed by atoms with Crippen LogP contribution in [-0.4, -0.2) is 41.7 Å². The Morgan fingerprint density at radius 3 is 2.57 bits per heavy atom. The van der Waals surface area contributed by atoms with Gasteiger partial charge in [0.15, 0.2) is 6.73 Å². The van der Waals surface area contributed by atoms with E-state index in [1.165, 1.54) is 5.69 Å². The highest BCUT2D eigenvalue weighted by Crippen LogP contribution is 2.29. The number of aromatic nitrogens is 1. The van der Waals surface area contributed by atoms with Crippen LogP contribution < -0.4 is 9.64 Å². The third kappa shape index (κ3) is 2.63. The number of fused-ring (bicyclic) bond motifs is 1. The summed E-state index contributed by atoms with van der Waals surface area (Å²) in [5, 5.41) is 0. The number of anilines is 1. The summed E-state index contributed by atoms with van der Waals surface area (Å²) in [4.78, 5) is 21.0. The molecule has 0 saturated carbocycles. The van der Waals surface area contributed by atoms with Gasteiger partial charge in [-0.1, -0.05) is 12.1 Å². The lowest BCUT2D eigenvalue weighted by Crippen LogP contribution is -2.50. The van der Waals surface area contributed by atoms with Crippen LogP contribution in [0.2, 0.25) is 0 Å². The lowest BCUT2D eigenvalue weighted by Gasteiger charge is -2.40. The highest BCUT2D eigenvalue weighted by molar-refractivity contribution is 5.97. The van der Waals surface area contributed by atoms with Crippen molar-refractivity contribution in [1.82, 2.24) is 9.88 Å². The minimum Gasteiger partial charge on any atom is -0.472 e. The predicted octanol–water partition coefficient (Wildman–Crippen LogP) is 2.54. The number of ether oxygens (including phenoxy) is 1. The van der Waals surface area contributed by atoms with Crippen LogP contribution in [-0.2, 0) is 0 Å². The molecule has 0 N–H and O–H groups in total. The minimum atomic E-state index is 0.0919. The second-order valence-electron chi connectivity index (χ2n) is 5.97. The van der Waals surface area contributed by atoms with Crippen LogP contribution in [0.15, 0.2) is 48.8 Å². The fourth-order valence-corrected chi connectivity index (χ4v) is 3.38. The summed E-state index contributed by atoms with van der Waals surface area (Å²) in [6, 6.07) is 11.8. The van der Waals surface area contributed by atoms with Crippen LogP contribution in [0.5, 0.6) is 5.75 Å². The van der Waals surface area contributed by atoms with E-state index in [1.54, 1.807) is 0 Å². The molecule has 1 saturated heterocycles. The zero-order valence-corrected chi connectivity index (χ0v) is 12.9. The quantitative estimate of drug-likeness (QED) is 0.855. The molecule has 1 amide bonds. The highest BCUT2D eigenvalue weighted by atomic mass is 16.5. The van der Waals surface area contributed by atoms with Gasteiger partial charge in [0.25, 0.3) is 5.91 Å². The summed E-state index contributed by atoms with van der Waals surface area (Å²) in [6.07, 6.45) is 5.56. The fraction of sp³-hybridized carbons (Fsp3) is 0.333. The summed E-state index contributed by atoms with van der Waals surface area (Å²) in [7, 11) is 0. The molecule has 0 atom stereocenters. The number of pyridine rings is 1. The standard InChI is InChI=1S/C18H19N3O2/c22-18-16-3-1-2-4-17(16)23-13-21(18)15-7-11-20(12-8-15)14-5-9-19-10-6-14/h1-6,9-10,15H,7-8,11-13H2. The van der Waals surface area contributed by atoms with Crippen molar-refractivity contribution in [2.45, 2.75) is 18.9 Å². The number of para-hydroxylation sites is 1. The molecule has 0 aliphatic carbocycles. The zero-order valence-electron chi connectivity index (χ0n) is 12.9. The molecule has 4 rings (SSSR count). The Balaban J connectivity index is 1.44. The smallest absolute Gasteiger partial charge is 0.260 e. The van der Waals surface area contributed by atoms with E-state index in [-0.39, 0.29) is 11.9 Å². The molecule has 2 aliphatic heterocycles. The molecule has 118 valence electrons. The van der Waals surface area contributed by atoms with Gasteiger partial charge < -0.3 is 14.5 Å². The van der Waals surface area contributed by atoms with Gasteiger partial charge in [-0.3, -0.25) is 9.78 Å². The third-order valence-corrected chi connectivity index (χ3v) is 4.67. The lowest BCUT2D eigenvalue weighted by atomic mass is 10.0. The van der Waals surface area contributed by atoms with Crippen LogP contribution in [0.3, 0.4) is 0 Å². The molecule has 5 nitrogen and oxygen atoms in total. The van der Waals surface area contributed by atoms with Crippen LogP contribution in [0.4, 0.5) is 5.69 Å². The first kappa shape index (κ1) is 14.1. The molecule has 1 fully saturated rings. The van der Waals surface area contributed by atoms with Gasteiger partial charge in [0.1, 0.15) is 5.75 Å². The fourth-order valence-electron chi connectivity index (χ4n) is 3.38. The summed E-state index contributed by atoms with van der Waals surface area (Å²) < 4.78 is 5.75. The third-order valence-electron chi connectivity index (χ3n) is 4.67. The van der Waals surface area contributed by atoms with Gasteiger partial charge in [-0.25, -0.2) is 0 Å². The number of piperidine rings is 1. The molecule has 0 radical (unpaired) electrons. The lowest BCUT2D eigenvalue weighted by molar-refractivity contribution is 0.0342. The van der Waals surface area contributed by atoms with Gasteiger partial charge in [0, 0.05) is 37.2 Å². The molecule has 2 aromatic rings. The highest BCUT2D eigenvalue weighted by Gasteiger charge is 2.33. The van der Waals surface area contributed by atoms with E-state index < -0.39 is 0 Å². The number of hydrogen-bond acceptors (Lipinski definition) is 4. The van der Waals surface area contributed by atoms with Crippen molar-refractivity contribution in [3.63, 3.8) is 0 Å². The molecule has 0 bridgehead atoms. The van der Waals surface area contributed by atoms with Crippen molar-refractivity contribution >= 4 is 11.6 Å². The molecule has 5 heteroatoms. The first-order valence-electron chi connectivity index (χ1n) is 8.01. The van der Waals surface area contributed by atoms with E-state index in [1.807, 2.05) is 53.7 Å². The van der Waals surface area contributed by atoms with Crippen LogP contribution in [0.1, 0.15) is 23.2 Å². The summed E-state index contributed by atoms with van der Waals surface area (Å²) in [5.74, 6) is 0.789. The van der Waals surface area contributed by atoms with Gasteiger partial charge in [-0.15, -0.1) is 0 Å². The Kier molecular flexibility index (Phi) is 3.61. The largest absolute Gasteiger partial charge is 0.472 e. The first-order valence-corrected chi connectivity index (χ1v) is 8.01. The van der Waals surface area contributed by atoms with Crippen molar-refractivity contribution in [2.24, 2.45) is 0 Å². The molecular formula is C18H19N3O2. The van der Waals surface area contributed by atoms with E-state index in [2.05, 4.69) is 9.88 Å². The Morgan fingerprint density at radius 2 is 1.78 bits per heavy atom. The monoisotopic (exact) mass is 309 g/mol. The molecule has 23 heavy (non-hydrogen) atoms. The SMILES string of the molecule is O=C1c2ccccc2OCN1C1CCN(c2ccncc2)CC1. The summed E-state index contributed by atoms with van der Waals surface area (Å²) >= 11 is 0. The maximum absolute atomic E-state index is 12.7. The average Bonchev–Trinajstić information content (AvgIpc) is 2.63. The molecule has 2 aliphatic rings. The van der Waals surface area contributed by atoms with E-state index in [4.69, 9.17) is 4.74 Å². The number of carbonyl (C=O) groups is 1. The molecule has 3 heterocycles. The number of rotatable bonds is 2. The zero-order chi connectivity index (χ0) is 15.6. The number of nitrogens with zero attached hydrogens (tertiary/aromatic N) is 3. The van der Waals surface area contributed by atoms with Crippen molar-refractivity contribution in [3.8, 4) is 5.75 Å². The normalized spacial score (nSPS) is 18.5. The van der Waals surface area contributed by atoms with Crippen molar-refractivity contribution in [2.75, 3.05) is 24.7 Å². The maximum atomic E-state index is 12.7. The minimum absolute atomic E-state index is 0.0919. The number of benzene rings is 1. The Labute approximate surface area is 135 Å². The van der Waals surface area contributed by atoms with Crippen LogP contribution in [0.25, 0.3) is 0 Å². The van der Waals surface area contributed by atoms with Gasteiger partial charge in [0.05, 0.1) is 5.56 Å². The maximum Gasteiger partial charge on any atom is 0.260 e. The molecule has 1 aromatic heterocycles. The molecule has 1 aromatic carbocycles. The second-order valence-corrected chi connectivity index (χ2v) is 5.97. The Morgan fingerprint density at radius 1 is 1.04 bits per heavy atom. The van der Waals surface area contributed by atoms with Gasteiger partial charge in [0.2, 0.25) is 0 Å². The van der Waals surface area contributed by atoms with Crippen molar-refractivity contribution < 1.29 is 9.53 Å². The molecule has 0 spiro atoms. The molecule has 0 unspecified atom stereocenters. The number of amides is 1. The van der Waals surface area contributed by atoms with E-state index in [0.717, 1.165) is 25.9 Å². The van der Waals surface area contributed by atoms with Crippen molar-refractivity contribution in [1.29, 1.82) is 0 Å². The topological polar surface area (TPSA) is 45.7 Å². The van der Waals surface area contributed by atoms with Gasteiger partial charge in [-0.05, 0) is 37.1 Å². The first-order chi connectivity index (χ1) is 11.3. The van der Waals surface area contributed by atoms with E-state index in [9.17, 15) is 4.79 Å². The Hall–Kier alpha value is -2.56. The van der Waals surface area contributed by atoms with Gasteiger partial charge >= 0.3 is 0 Å². The molecular weight excluding hydrogens is 290 g/mol. The van der Waals surface area contributed by atoms with E-state index >= 15 is 0 Å². The van der Waals surface area contributed by atoms with E-state index in [0.29, 0.717) is 18.0 Å². The predicted molar refractivity (Wildman–Crippen MR) is 87.6 cm³/mol. The van der Waals surface area contributed by atoms with Gasteiger partial charge in [-0.2, -0.15) is 0 Å². The van der Waals surface area contributed by atoms with Crippen molar-refractivity contribution in [3.05, 3.63) is 54.4 Å². The second kappa shape index (κ2) is 5.91. The Bertz CT molecular complexity index is 696. The van der Waals surface area contributed by atoms with Crippen LogP contribution in [0, 0.1) is 0 Å².